The number of carboxylic acid groups (broad SMARTS) is 1. The van der Waals surface area contributed by atoms with Gasteiger partial charge in [-0.3, -0.25) is 0 Å². The van der Waals surface area contributed by atoms with E-state index >= 15 is 0 Å². The monoisotopic (exact) mass is 257 g/mol. The van der Waals surface area contributed by atoms with Gasteiger partial charge >= 0.3 is 0 Å². The molecule has 4 heteroatoms. The van der Waals surface area contributed by atoms with E-state index in [9.17, 15) is 20.1 Å². The van der Waals surface area contributed by atoms with Gasteiger partial charge in [0.1, 0.15) is 12.2 Å². The fourth-order valence-corrected chi connectivity index (χ4v) is 1.83. The molecule has 4 nitrogen and oxygen atoms in total. The Labute approximate surface area is 110 Å². The molecule has 0 bridgehead atoms. The maximum absolute atomic E-state index is 10.6. The van der Waals surface area contributed by atoms with Crippen LogP contribution in [0, 0.1) is 0 Å². The fourth-order valence-electron chi connectivity index (χ4n) is 1.83. The lowest BCUT2D eigenvalue weighted by Crippen LogP contribution is -2.22. The Morgan fingerprint density at radius 1 is 0.842 bits per heavy atom. The van der Waals surface area contributed by atoms with Crippen LogP contribution in [0.25, 0.3) is 0 Å². The van der Waals surface area contributed by atoms with E-state index in [1.807, 2.05) is 6.07 Å². The molecule has 0 amide bonds. The van der Waals surface area contributed by atoms with Crippen molar-refractivity contribution in [2.45, 2.75) is 12.2 Å². The molecule has 0 aliphatic carbocycles. The zero-order valence-corrected chi connectivity index (χ0v) is 10.1. The second kappa shape index (κ2) is 5.65. The molecule has 0 saturated heterocycles. The highest BCUT2D eigenvalue weighted by atomic mass is 16.4. The summed E-state index contributed by atoms with van der Waals surface area (Å²) in [5.74, 6) is -1.27. The van der Waals surface area contributed by atoms with Crippen LogP contribution < -0.4 is 5.11 Å². The molecule has 2 atom stereocenters. The Balaban J connectivity index is 2.19. The molecule has 98 valence electrons. The van der Waals surface area contributed by atoms with Gasteiger partial charge in [-0.25, -0.2) is 0 Å². The molecule has 0 aliphatic rings. The van der Waals surface area contributed by atoms with E-state index in [0.29, 0.717) is 11.1 Å². The molecule has 0 heterocycles. The largest absolute Gasteiger partial charge is 0.545 e. The van der Waals surface area contributed by atoms with Crippen LogP contribution in [0.5, 0.6) is 0 Å². The highest BCUT2D eigenvalue weighted by Gasteiger charge is 2.19. The van der Waals surface area contributed by atoms with E-state index in [0.717, 1.165) is 0 Å². The van der Waals surface area contributed by atoms with Crippen LogP contribution in [0.2, 0.25) is 0 Å². The molecule has 0 aliphatic heterocycles. The summed E-state index contributed by atoms with van der Waals surface area (Å²) < 4.78 is 0. The minimum absolute atomic E-state index is 0.0325. The van der Waals surface area contributed by atoms with Gasteiger partial charge in [-0.2, -0.15) is 0 Å². The lowest BCUT2D eigenvalue weighted by atomic mass is 9.97. The van der Waals surface area contributed by atoms with E-state index < -0.39 is 18.2 Å². The van der Waals surface area contributed by atoms with Crippen molar-refractivity contribution in [2.75, 3.05) is 0 Å². The van der Waals surface area contributed by atoms with Crippen LogP contribution in [0.3, 0.4) is 0 Å². The van der Waals surface area contributed by atoms with Crippen molar-refractivity contribution in [3.8, 4) is 0 Å². The normalized spacial score (nSPS) is 13.8. The van der Waals surface area contributed by atoms with E-state index in [1.165, 1.54) is 24.3 Å². The van der Waals surface area contributed by atoms with Gasteiger partial charge < -0.3 is 20.1 Å². The standard InChI is InChI=1S/C15H14O4/c16-13(10-4-2-1-3-5-10)14(17)11-6-8-12(9-7-11)15(18)19/h1-9,13-14,16-17H,(H,18,19)/p-1/t13-,14-/m1/s1. The molecule has 19 heavy (non-hydrogen) atoms. The maximum Gasteiger partial charge on any atom is 0.109 e. The molecule has 2 aromatic carbocycles. The van der Waals surface area contributed by atoms with E-state index in [-0.39, 0.29) is 5.56 Å². The third-order valence-electron chi connectivity index (χ3n) is 2.93. The Hall–Kier alpha value is -2.17. The third-order valence-corrected chi connectivity index (χ3v) is 2.93. The van der Waals surface area contributed by atoms with Gasteiger partial charge in [-0.1, -0.05) is 54.6 Å². The van der Waals surface area contributed by atoms with Crippen LogP contribution in [0.1, 0.15) is 33.7 Å². The van der Waals surface area contributed by atoms with Gasteiger partial charge in [0.05, 0.1) is 5.97 Å². The van der Waals surface area contributed by atoms with Crippen LogP contribution in [0.4, 0.5) is 0 Å². The quantitative estimate of drug-likeness (QED) is 0.849. The van der Waals surface area contributed by atoms with Crippen LogP contribution in [-0.4, -0.2) is 16.2 Å². The first-order chi connectivity index (χ1) is 9.09. The van der Waals surface area contributed by atoms with Gasteiger partial charge in [0, 0.05) is 0 Å². The van der Waals surface area contributed by atoms with Crippen molar-refractivity contribution < 1.29 is 20.1 Å². The number of carboxylic acids is 1. The summed E-state index contributed by atoms with van der Waals surface area (Å²) in [6.45, 7) is 0. The number of hydrogen-bond acceptors (Lipinski definition) is 4. The first kappa shape index (κ1) is 13.3. The summed E-state index contributed by atoms with van der Waals surface area (Å²) in [5, 5.41) is 30.7. The summed E-state index contributed by atoms with van der Waals surface area (Å²) in [7, 11) is 0. The Kier molecular flexibility index (Phi) is 3.94. The average molecular weight is 257 g/mol. The summed E-state index contributed by atoms with van der Waals surface area (Å²) >= 11 is 0. The second-order valence-electron chi connectivity index (χ2n) is 4.21. The number of carbonyl (C=O) groups excluding carboxylic acids is 1. The van der Waals surface area contributed by atoms with Gasteiger partial charge in [0.25, 0.3) is 0 Å². The van der Waals surface area contributed by atoms with Crippen molar-refractivity contribution in [1.29, 1.82) is 0 Å². The van der Waals surface area contributed by atoms with Gasteiger partial charge in [0.2, 0.25) is 0 Å². The van der Waals surface area contributed by atoms with Crippen molar-refractivity contribution >= 4 is 5.97 Å². The van der Waals surface area contributed by atoms with Crippen molar-refractivity contribution in [3.63, 3.8) is 0 Å². The van der Waals surface area contributed by atoms with Gasteiger partial charge in [0.15, 0.2) is 0 Å². The average Bonchev–Trinajstić information content (AvgIpc) is 2.46. The number of rotatable bonds is 4. The number of hydrogen-bond donors (Lipinski definition) is 2. The predicted molar refractivity (Wildman–Crippen MR) is 67.1 cm³/mol. The lowest BCUT2D eigenvalue weighted by Gasteiger charge is -2.19. The lowest BCUT2D eigenvalue weighted by molar-refractivity contribution is -0.255. The topological polar surface area (TPSA) is 80.6 Å². The second-order valence-corrected chi connectivity index (χ2v) is 4.21. The van der Waals surface area contributed by atoms with Crippen LogP contribution in [0.15, 0.2) is 54.6 Å². The number of benzene rings is 2. The Morgan fingerprint density at radius 2 is 1.32 bits per heavy atom. The zero-order valence-electron chi connectivity index (χ0n) is 10.1. The van der Waals surface area contributed by atoms with E-state index in [1.54, 1.807) is 24.3 Å². The maximum atomic E-state index is 10.6. The Bertz CT molecular complexity index is 548. The van der Waals surface area contributed by atoms with Crippen molar-refractivity contribution in [1.82, 2.24) is 0 Å². The molecule has 0 spiro atoms. The van der Waals surface area contributed by atoms with Crippen LogP contribution in [-0.2, 0) is 0 Å². The molecule has 2 aromatic rings. The number of aliphatic hydroxyl groups excluding tert-OH is 2. The molecule has 0 aromatic heterocycles. The third kappa shape index (κ3) is 2.99. The minimum Gasteiger partial charge on any atom is -0.545 e. The van der Waals surface area contributed by atoms with E-state index in [2.05, 4.69) is 0 Å². The number of aliphatic hydroxyl groups is 2. The van der Waals surface area contributed by atoms with Gasteiger partial charge in [-0.15, -0.1) is 0 Å². The number of aromatic carboxylic acids is 1. The van der Waals surface area contributed by atoms with Crippen molar-refractivity contribution in [2.24, 2.45) is 0 Å². The van der Waals surface area contributed by atoms with Crippen molar-refractivity contribution in [3.05, 3.63) is 71.3 Å². The summed E-state index contributed by atoms with van der Waals surface area (Å²) in [6, 6.07) is 14.4. The molecular weight excluding hydrogens is 244 g/mol. The zero-order chi connectivity index (χ0) is 13.8. The first-order valence-electron chi connectivity index (χ1n) is 5.82. The summed E-state index contributed by atoms with van der Waals surface area (Å²) in [6.07, 6.45) is -2.17. The molecule has 0 unspecified atom stereocenters. The Morgan fingerprint density at radius 3 is 1.79 bits per heavy atom. The smallest absolute Gasteiger partial charge is 0.109 e. The van der Waals surface area contributed by atoms with E-state index in [4.69, 9.17) is 0 Å². The van der Waals surface area contributed by atoms with Gasteiger partial charge in [-0.05, 0) is 16.7 Å². The first-order valence-corrected chi connectivity index (χ1v) is 5.82. The number of carbonyl (C=O) groups is 1. The minimum atomic E-state index is -1.27. The molecule has 0 fully saturated rings. The molecule has 0 saturated carbocycles. The molecule has 0 radical (unpaired) electrons. The highest BCUT2D eigenvalue weighted by molar-refractivity contribution is 5.85. The summed E-state index contributed by atoms with van der Waals surface area (Å²) in [5.41, 5.74) is 1.07. The molecular formula is C15H13O4-. The van der Waals surface area contributed by atoms with Crippen LogP contribution >= 0.6 is 0 Å². The molecule has 2 rings (SSSR count). The highest BCUT2D eigenvalue weighted by Crippen LogP contribution is 2.28. The molecule has 2 N–H and O–H groups in total. The fraction of sp³-hybridized carbons (Fsp3) is 0.133. The summed E-state index contributed by atoms with van der Waals surface area (Å²) in [4.78, 5) is 10.6. The predicted octanol–water partition coefficient (Wildman–Crippen LogP) is 0.817. The SMILES string of the molecule is O=C([O-])c1ccc([C@@H](O)[C@H](O)c2ccccc2)cc1.